The van der Waals surface area contributed by atoms with E-state index in [0.717, 1.165) is 70.0 Å². The molecule has 1 aromatic carbocycles. The first kappa shape index (κ1) is 36.0. The zero-order valence-electron chi connectivity index (χ0n) is 31.5. The van der Waals surface area contributed by atoms with E-state index in [9.17, 15) is 14.4 Å². The molecule has 4 N–H and O–H groups in total. The summed E-state index contributed by atoms with van der Waals surface area (Å²) >= 11 is 1.92. The largest absolute Gasteiger partial charge is 0.359 e. The van der Waals surface area contributed by atoms with Crippen LogP contribution >= 0.6 is 11.8 Å². The van der Waals surface area contributed by atoms with Crippen LogP contribution in [0.3, 0.4) is 0 Å². The molecular weight excluding hydrogens is 695 g/mol. The van der Waals surface area contributed by atoms with Crippen molar-refractivity contribution in [3.63, 3.8) is 0 Å². The van der Waals surface area contributed by atoms with Gasteiger partial charge in [0.2, 0.25) is 11.8 Å². The smallest absolute Gasteiger partial charge is 0.315 e. The van der Waals surface area contributed by atoms with Crippen molar-refractivity contribution >= 4 is 40.4 Å². The molecule has 286 valence electrons. The molecule has 9 nitrogen and oxygen atoms in total. The van der Waals surface area contributed by atoms with Crippen LogP contribution in [0.4, 0.5) is 4.79 Å². The first-order valence-electron chi connectivity index (χ1n) is 20.6. The molecule has 2 aromatic rings. The minimum atomic E-state index is -0.336. The Balaban J connectivity index is 0.718. The van der Waals surface area contributed by atoms with Gasteiger partial charge in [-0.1, -0.05) is 56.2 Å². The lowest BCUT2D eigenvalue weighted by Crippen LogP contribution is -2.54. The number of pyridine rings is 1. The number of benzene rings is 1. The second kappa shape index (κ2) is 14.5. The first-order valence-corrected chi connectivity index (χ1v) is 21.7. The normalized spacial score (nSPS) is 35.6. The number of rotatable bonds is 13. The third kappa shape index (κ3) is 6.49. The minimum absolute atomic E-state index is 0.0330. The Morgan fingerprint density at radius 3 is 2.81 bits per heavy atom. The number of unbranched alkanes of at least 4 members (excludes halogenated alkanes) is 3. The maximum absolute atomic E-state index is 13.1. The average Bonchev–Trinajstić information content (AvgIpc) is 3.91. The number of amides is 4. The SMILES string of the molecule is C[C@]12CC=C3C=C4C=C[C@@H](NC(=O)CCCCCNC(=O)CCCC[C@@H]5SC[C@@H]6NC(=O)NC65)C[C@]45CC[C@]3(O5)[C@@H]1CC[C@@H]2c1ccc2ccncc2c1. The van der Waals surface area contributed by atoms with Crippen LogP contribution in [0.15, 0.2) is 72.1 Å². The number of urea groups is 1. The Bertz CT molecular complexity index is 1910. The number of thioether (sulfide) groups is 1. The van der Waals surface area contributed by atoms with Gasteiger partial charge >= 0.3 is 6.03 Å². The molecule has 9 atom stereocenters. The lowest BCUT2D eigenvalue weighted by molar-refractivity contribution is -0.132. The number of nitrogens with zero attached hydrogens (tertiary/aromatic N) is 1. The highest BCUT2D eigenvalue weighted by Crippen LogP contribution is 2.69. The number of ether oxygens (including phenoxy) is 1. The third-order valence-corrected chi connectivity index (χ3v) is 15.7. The number of fused-ring (bicyclic) bond motifs is 3. The summed E-state index contributed by atoms with van der Waals surface area (Å²) in [5.41, 5.74) is 3.64. The van der Waals surface area contributed by atoms with E-state index in [1.807, 2.05) is 24.2 Å². The van der Waals surface area contributed by atoms with Gasteiger partial charge in [0.25, 0.3) is 0 Å². The summed E-state index contributed by atoms with van der Waals surface area (Å²) in [5.74, 6) is 2.12. The number of carbonyl (C=O) groups is 3. The van der Waals surface area contributed by atoms with Gasteiger partial charge in [-0.3, -0.25) is 14.6 Å². The van der Waals surface area contributed by atoms with E-state index in [2.05, 4.69) is 81.7 Å². The van der Waals surface area contributed by atoms with Gasteiger partial charge in [-0.25, -0.2) is 4.79 Å². The van der Waals surface area contributed by atoms with Gasteiger partial charge in [-0.15, -0.1) is 0 Å². The lowest BCUT2D eigenvalue weighted by Gasteiger charge is -2.53. The van der Waals surface area contributed by atoms with Crippen molar-refractivity contribution in [3.8, 4) is 0 Å². The summed E-state index contributed by atoms with van der Waals surface area (Å²) in [6.07, 6.45) is 25.9. The number of aromatic nitrogens is 1. The maximum atomic E-state index is 13.1. The molecule has 2 bridgehead atoms. The predicted molar refractivity (Wildman–Crippen MR) is 213 cm³/mol. The van der Waals surface area contributed by atoms with Gasteiger partial charge in [0.1, 0.15) is 0 Å². The van der Waals surface area contributed by atoms with Crippen LogP contribution in [-0.2, 0) is 14.3 Å². The van der Waals surface area contributed by atoms with Crippen molar-refractivity contribution in [2.45, 2.75) is 137 Å². The number of hydrogen-bond acceptors (Lipinski definition) is 6. The van der Waals surface area contributed by atoms with Gasteiger partial charge in [-0.2, -0.15) is 11.8 Å². The van der Waals surface area contributed by atoms with Crippen LogP contribution < -0.4 is 21.3 Å². The molecule has 4 amide bonds. The van der Waals surface area contributed by atoms with E-state index in [1.54, 1.807) is 0 Å². The molecule has 9 rings (SSSR count). The molecule has 3 saturated heterocycles. The van der Waals surface area contributed by atoms with Crippen molar-refractivity contribution in [2.75, 3.05) is 12.3 Å². The van der Waals surface area contributed by atoms with Crippen LogP contribution in [0, 0.1) is 11.3 Å². The second-order valence-electron chi connectivity index (χ2n) is 17.4. The number of hydrogen-bond donors (Lipinski definition) is 4. The van der Waals surface area contributed by atoms with Crippen LogP contribution in [0.1, 0.15) is 108 Å². The number of allylic oxidation sites excluding steroid dienone is 1. The number of nitrogens with one attached hydrogen (secondary N) is 4. The molecule has 1 unspecified atom stereocenters. The fraction of sp³-hybridized carbons (Fsp3) is 0.591. The summed E-state index contributed by atoms with van der Waals surface area (Å²) < 4.78 is 7.44. The molecule has 10 heteroatoms. The Morgan fingerprint density at radius 1 is 1.00 bits per heavy atom. The van der Waals surface area contributed by atoms with Gasteiger partial charge in [0.15, 0.2) is 0 Å². The fourth-order valence-electron chi connectivity index (χ4n) is 11.5. The van der Waals surface area contributed by atoms with E-state index in [0.29, 0.717) is 36.5 Å². The van der Waals surface area contributed by atoms with Crippen molar-refractivity contribution in [1.29, 1.82) is 0 Å². The van der Waals surface area contributed by atoms with E-state index < -0.39 is 0 Å². The Morgan fingerprint density at radius 2 is 1.89 bits per heavy atom. The summed E-state index contributed by atoms with van der Waals surface area (Å²) in [6, 6.07) is 9.46. The predicted octanol–water partition coefficient (Wildman–Crippen LogP) is 7.14. The highest BCUT2D eigenvalue weighted by Gasteiger charge is 2.66. The van der Waals surface area contributed by atoms with E-state index in [4.69, 9.17) is 4.74 Å². The summed E-state index contributed by atoms with van der Waals surface area (Å²) in [6.45, 7) is 3.17. The van der Waals surface area contributed by atoms with Gasteiger partial charge in [-0.05, 0) is 109 Å². The molecule has 4 fully saturated rings. The standard InChI is InChI=1S/C44H55N5O4S/c1-42-18-16-32-24-31-12-13-33(47-39(51)9-3-2-6-21-46-38(50)8-5-4-7-36-40-35(27-54-36)48-41(52)49-40)25-43(31)19-20-44(32,53-43)37(42)15-14-34(42)29-11-10-28-17-22-45-26-30(28)23-29/h10-13,16-17,22-24,26,33-37,40H,2-9,14-15,18-21,25,27H2,1H3,(H,46,50)(H,47,51)(H2,48,49,52)/t33-,34-,35+,36+,37-,40?,42-,43-,44-/m1/s1. The molecular formula is C44H55N5O4S. The zero-order valence-corrected chi connectivity index (χ0v) is 32.4. The van der Waals surface area contributed by atoms with Gasteiger partial charge < -0.3 is 26.0 Å². The molecule has 2 spiro atoms. The van der Waals surface area contributed by atoms with Gasteiger partial charge in [0.05, 0.1) is 29.3 Å². The monoisotopic (exact) mass is 749 g/mol. The average molecular weight is 750 g/mol. The van der Waals surface area contributed by atoms with Crippen molar-refractivity contribution in [2.24, 2.45) is 11.3 Å². The zero-order chi connectivity index (χ0) is 36.9. The molecule has 1 saturated carbocycles. The topological polar surface area (TPSA) is 121 Å². The first-order chi connectivity index (χ1) is 26.2. The van der Waals surface area contributed by atoms with Gasteiger partial charge in [0, 0.05) is 54.6 Å². The van der Waals surface area contributed by atoms with E-state index in [1.165, 1.54) is 40.3 Å². The number of carbonyl (C=O) groups excluding carboxylic acids is 3. The fourth-order valence-corrected chi connectivity index (χ4v) is 13.0. The highest BCUT2D eigenvalue weighted by molar-refractivity contribution is 8.00. The quantitative estimate of drug-likeness (QED) is 0.128. The molecule has 0 radical (unpaired) electrons. The van der Waals surface area contributed by atoms with E-state index >= 15 is 0 Å². The molecule has 7 aliphatic rings. The molecule has 1 aromatic heterocycles. The van der Waals surface area contributed by atoms with Crippen molar-refractivity contribution in [1.82, 2.24) is 26.3 Å². The summed E-state index contributed by atoms with van der Waals surface area (Å²) in [7, 11) is 0. The van der Waals surface area contributed by atoms with E-state index in [-0.39, 0.29) is 52.6 Å². The Kier molecular flexibility index (Phi) is 9.65. The molecule has 5 heterocycles. The Labute approximate surface area is 323 Å². The molecule has 4 aliphatic heterocycles. The summed E-state index contributed by atoms with van der Waals surface area (Å²) in [5, 5.41) is 15.3. The minimum Gasteiger partial charge on any atom is -0.359 e. The van der Waals surface area contributed by atoms with Crippen LogP contribution in [0.2, 0.25) is 0 Å². The highest BCUT2D eigenvalue weighted by atomic mass is 32.2. The van der Waals surface area contributed by atoms with Crippen molar-refractivity contribution < 1.29 is 19.1 Å². The molecule has 3 aliphatic carbocycles. The van der Waals surface area contributed by atoms with Crippen LogP contribution in [0.25, 0.3) is 10.8 Å². The van der Waals surface area contributed by atoms with Crippen LogP contribution in [-0.4, -0.2) is 69.7 Å². The lowest BCUT2D eigenvalue weighted by atomic mass is 9.58. The third-order valence-electron chi connectivity index (χ3n) is 14.2. The maximum Gasteiger partial charge on any atom is 0.315 e. The Hall–Kier alpha value is -3.63. The second-order valence-corrected chi connectivity index (χ2v) is 18.7. The summed E-state index contributed by atoms with van der Waals surface area (Å²) in [4.78, 5) is 41.4. The van der Waals surface area contributed by atoms with Crippen molar-refractivity contribution in [3.05, 3.63) is 77.7 Å². The van der Waals surface area contributed by atoms with Crippen LogP contribution in [0.5, 0.6) is 0 Å². The molecule has 54 heavy (non-hydrogen) atoms.